The van der Waals surface area contributed by atoms with E-state index < -0.39 is 12.2 Å². The van der Waals surface area contributed by atoms with E-state index in [9.17, 15) is 5.11 Å². The highest BCUT2D eigenvalue weighted by molar-refractivity contribution is 4.67. The van der Waals surface area contributed by atoms with E-state index in [0.717, 1.165) is 12.8 Å². The zero-order chi connectivity index (χ0) is 10.8. The van der Waals surface area contributed by atoms with E-state index in [4.69, 9.17) is 14.6 Å². The topological polar surface area (TPSA) is 58.9 Å². The van der Waals surface area contributed by atoms with Crippen LogP contribution in [0.1, 0.15) is 26.7 Å². The lowest BCUT2D eigenvalue weighted by Gasteiger charge is -2.20. The fourth-order valence-corrected chi connectivity index (χ4v) is 1.06. The van der Waals surface area contributed by atoms with Gasteiger partial charge in [0.15, 0.2) is 0 Å². The second kappa shape index (κ2) is 9.40. The van der Waals surface area contributed by atoms with Crippen LogP contribution in [0.2, 0.25) is 0 Å². The van der Waals surface area contributed by atoms with Gasteiger partial charge < -0.3 is 19.7 Å². The minimum absolute atomic E-state index is 0.174. The van der Waals surface area contributed by atoms with Crippen molar-refractivity contribution in [2.24, 2.45) is 0 Å². The molecule has 0 aromatic rings. The van der Waals surface area contributed by atoms with Crippen molar-refractivity contribution >= 4 is 0 Å². The van der Waals surface area contributed by atoms with Crippen LogP contribution in [-0.2, 0) is 9.47 Å². The quantitative estimate of drug-likeness (QED) is 0.541. The summed E-state index contributed by atoms with van der Waals surface area (Å²) in [7, 11) is 0. The number of aliphatic hydroxyl groups excluding tert-OH is 2. The third-order valence-electron chi connectivity index (χ3n) is 1.92. The van der Waals surface area contributed by atoms with Gasteiger partial charge >= 0.3 is 0 Å². The Bertz CT molecular complexity index is 119. The molecule has 4 nitrogen and oxygen atoms in total. The summed E-state index contributed by atoms with van der Waals surface area (Å²) in [5.41, 5.74) is 0. The molecule has 0 amide bonds. The summed E-state index contributed by atoms with van der Waals surface area (Å²) >= 11 is 0. The van der Waals surface area contributed by atoms with E-state index in [1.54, 1.807) is 0 Å². The van der Waals surface area contributed by atoms with Gasteiger partial charge in [-0.05, 0) is 13.3 Å². The first-order valence-corrected chi connectivity index (χ1v) is 5.24. The fourth-order valence-electron chi connectivity index (χ4n) is 1.06. The molecular formula is C10H22O4. The normalized spacial score (nSPS) is 15.4. The molecule has 2 unspecified atom stereocenters. The maximum absolute atomic E-state index is 9.53. The summed E-state index contributed by atoms with van der Waals surface area (Å²) in [4.78, 5) is 0. The molecule has 0 spiro atoms. The zero-order valence-corrected chi connectivity index (χ0v) is 9.11. The number of unbranched alkanes of at least 4 members (excludes halogenated alkanes) is 1. The highest BCUT2D eigenvalue weighted by atomic mass is 16.5. The highest BCUT2D eigenvalue weighted by Gasteiger charge is 2.18. The summed E-state index contributed by atoms with van der Waals surface area (Å²) < 4.78 is 10.4. The Kier molecular flexibility index (Phi) is 9.29. The largest absolute Gasteiger partial charge is 0.394 e. The Balaban J connectivity index is 3.52. The van der Waals surface area contributed by atoms with Crippen LogP contribution in [0.15, 0.2) is 0 Å². The lowest BCUT2D eigenvalue weighted by atomic mass is 10.2. The first-order chi connectivity index (χ1) is 6.76. The van der Waals surface area contributed by atoms with Gasteiger partial charge in [-0.25, -0.2) is 0 Å². The van der Waals surface area contributed by atoms with Crippen LogP contribution in [0.25, 0.3) is 0 Å². The molecule has 0 fully saturated rings. The Hall–Kier alpha value is -0.160. The van der Waals surface area contributed by atoms with Gasteiger partial charge in [0.1, 0.15) is 12.2 Å². The lowest BCUT2D eigenvalue weighted by Crippen LogP contribution is -2.36. The molecule has 86 valence electrons. The number of aliphatic hydroxyl groups is 2. The average molecular weight is 206 g/mol. The molecule has 0 saturated heterocycles. The van der Waals surface area contributed by atoms with Crippen LogP contribution in [0.3, 0.4) is 0 Å². The Morgan fingerprint density at radius 2 is 2.00 bits per heavy atom. The fraction of sp³-hybridized carbons (Fsp3) is 1.00. The summed E-state index contributed by atoms with van der Waals surface area (Å²) in [5, 5.41) is 18.4. The Labute approximate surface area is 85.8 Å². The molecule has 0 aliphatic rings. The summed E-state index contributed by atoms with van der Waals surface area (Å²) in [6.07, 6.45) is 0.800. The number of rotatable bonds is 9. The smallest absolute Gasteiger partial charge is 0.109 e. The predicted octanol–water partition coefficient (Wildman–Crippen LogP) is 0.561. The van der Waals surface area contributed by atoms with Gasteiger partial charge in [0.05, 0.1) is 13.2 Å². The van der Waals surface area contributed by atoms with E-state index in [-0.39, 0.29) is 13.2 Å². The van der Waals surface area contributed by atoms with Crippen LogP contribution >= 0.6 is 0 Å². The van der Waals surface area contributed by atoms with Crippen molar-refractivity contribution in [1.82, 2.24) is 0 Å². The van der Waals surface area contributed by atoms with Gasteiger partial charge in [0, 0.05) is 13.2 Å². The van der Waals surface area contributed by atoms with Crippen molar-refractivity contribution in [1.29, 1.82) is 0 Å². The van der Waals surface area contributed by atoms with Crippen molar-refractivity contribution < 1.29 is 19.7 Å². The van der Waals surface area contributed by atoms with E-state index >= 15 is 0 Å². The minimum Gasteiger partial charge on any atom is -0.394 e. The maximum Gasteiger partial charge on any atom is 0.109 e. The summed E-state index contributed by atoms with van der Waals surface area (Å²) in [6, 6.07) is 0. The number of hydrogen-bond acceptors (Lipinski definition) is 4. The average Bonchev–Trinajstić information content (AvgIpc) is 2.20. The van der Waals surface area contributed by atoms with E-state index in [1.165, 1.54) is 0 Å². The zero-order valence-electron chi connectivity index (χ0n) is 9.11. The van der Waals surface area contributed by atoms with Crippen molar-refractivity contribution in [2.45, 2.75) is 38.9 Å². The number of hydrogen-bond donors (Lipinski definition) is 2. The van der Waals surface area contributed by atoms with Crippen LogP contribution < -0.4 is 0 Å². The molecule has 2 N–H and O–H groups in total. The molecule has 14 heavy (non-hydrogen) atoms. The second-order valence-electron chi connectivity index (χ2n) is 3.17. The molecule has 0 rings (SSSR count). The monoisotopic (exact) mass is 206 g/mol. The summed E-state index contributed by atoms with van der Waals surface area (Å²) in [5.74, 6) is 0. The third-order valence-corrected chi connectivity index (χ3v) is 1.92. The van der Waals surface area contributed by atoms with Crippen molar-refractivity contribution in [3.05, 3.63) is 0 Å². The van der Waals surface area contributed by atoms with Crippen molar-refractivity contribution in [3.63, 3.8) is 0 Å². The van der Waals surface area contributed by atoms with Crippen LogP contribution in [0.5, 0.6) is 0 Å². The SMILES string of the molecule is CCCCOCC(O)C(CO)OCC. The van der Waals surface area contributed by atoms with Crippen LogP contribution in [0.4, 0.5) is 0 Å². The van der Waals surface area contributed by atoms with Crippen LogP contribution in [0, 0.1) is 0 Å². The third kappa shape index (κ3) is 6.32. The van der Waals surface area contributed by atoms with Gasteiger partial charge in [0.2, 0.25) is 0 Å². The van der Waals surface area contributed by atoms with Crippen molar-refractivity contribution in [2.75, 3.05) is 26.4 Å². The first-order valence-electron chi connectivity index (χ1n) is 5.24. The minimum atomic E-state index is -0.739. The molecule has 0 aromatic carbocycles. The Morgan fingerprint density at radius 1 is 1.29 bits per heavy atom. The number of ether oxygens (including phenoxy) is 2. The van der Waals surface area contributed by atoms with Gasteiger partial charge in [-0.15, -0.1) is 0 Å². The summed E-state index contributed by atoms with van der Waals surface area (Å²) in [6.45, 7) is 5.09. The first kappa shape index (κ1) is 13.8. The maximum atomic E-state index is 9.53. The van der Waals surface area contributed by atoms with E-state index in [0.29, 0.717) is 13.2 Å². The molecule has 0 saturated carbocycles. The van der Waals surface area contributed by atoms with Crippen LogP contribution in [-0.4, -0.2) is 48.8 Å². The molecule has 4 heteroatoms. The molecule has 0 aliphatic carbocycles. The van der Waals surface area contributed by atoms with Gasteiger partial charge in [0.25, 0.3) is 0 Å². The van der Waals surface area contributed by atoms with E-state index in [1.807, 2.05) is 6.92 Å². The lowest BCUT2D eigenvalue weighted by molar-refractivity contribution is -0.0876. The molecule has 2 atom stereocenters. The standard InChI is InChI=1S/C10H22O4/c1-3-5-6-13-8-9(12)10(7-11)14-4-2/h9-12H,3-8H2,1-2H3. The second-order valence-corrected chi connectivity index (χ2v) is 3.17. The van der Waals surface area contributed by atoms with Gasteiger partial charge in [-0.2, -0.15) is 0 Å². The molecule has 0 bridgehead atoms. The molecule has 0 aromatic heterocycles. The van der Waals surface area contributed by atoms with E-state index in [2.05, 4.69) is 6.92 Å². The van der Waals surface area contributed by atoms with Gasteiger partial charge in [-0.3, -0.25) is 0 Å². The molecule has 0 heterocycles. The predicted molar refractivity (Wildman–Crippen MR) is 54.2 cm³/mol. The molecule has 0 aliphatic heterocycles. The molecular weight excluding hydrogens is 184 g/mol. The molecule has 0 radical (unpaired) electrons. The van der Waals surface area contributed by atoms with Crippen molar-refractivity contribution in [3.8, 4) is 0 Å². The Morgan fingerprint density at radius 3 is 2.50 bits per heavy atom. The van der Waals surface area contributed by atoms with Gasteiger partial charge in [-0.1, -0.05) is 13.3 Å². The highest BCUT2D eigenvalue weighted by Crippen LogP contribution is 2.00.